The summed E-state index contributed by atoms with van der Waals surface area (Å²) in [5.41, 5.74) is 8.85. The molecule has 3 aromatic carbocycles. The van der Waals surface area contributed by atoms with Gasteiger partial charge >= 0.3 is 0 Å². The highest BCUT2D eigenvalue weighted by Crippen LogP contribution is 2.30. The Morgan fingerprint density at radius 1 is 0.519 bits per heavy atom. The lowest BCUT2D eigenvalue weighted by molar-refractivity contribution is -0.570. The first-order valence-corrected chi connectivity index (χ1v) is 9.36. The van der Waals surface area contributed by atoms with E-state index < -0.39 is 0 Å². The fourth-order valence-corrected chi connectivity index (χ4v) is 3.85. The second kappa shape index (κ2) is 6.69. The number of nitrogens with zero attached hydrogens (tertiary/aromatic N) is 1. The molecule has 128 valence electrons. The first-order valence-electron chi connectivity index (χ1n) is 9.36. The average Bonchev–Trinajstić information content (AvgIpc) is 3.19. The van der Waals surface area contributed by atoms with Crippen LogP contribution in [0.3, 0.4) is 0 Å². The van der Waals surface area contributed by atoms with Crippen molar-refractivity contribution < 1.29 is 4.57 Å². The predicted molar refractivity (Wildman–Crippen MR) is 111 cm³/mol. The highest BCUT2D eigenvalue weighted by Gasteiger charge is 2.30. The smallest absolute Gasteiger partial charge is 0.157 e. The summed E-state index contributed by atoms with van der Waals surface area (Å²) in [6, 6.07) is 36.6. The number of hydrogen-bond acceptors (Lipinski definition) is 0. The largest absolute Gasteiger partial charge is 0.219 e. The molecule has 0 amide bonds. The van der Waals surface area contributed by atoms with E-state index in [0.29, 0.717) is 0 Å². The monoisotopic (exact) mass is 346 g/mol. The number of pyridine rings is 1. The molecule has 0 radical (unpaired) electrons. The topological polar surface area (TPSA) is 3.88 Å². The zero-order valence-corrected chi connectivity index (χ0v) is 15.0. The van der Waals surface area contributed by atoms with Crippen LogP contribution in [0.1, 0.15) is 11.3 Å². The summed E-state index contributed by atoms with van der Waals surface area (Å²) in [7, 11) is 0. The van der Waals surface area contributed by atoms with Crippen LogP contribution in [-0.4, -0.2) is 0 Å². The van der Waals surface area contributed by atoms with Gasteiger partial charge in [0.15, 0.2) is 5.69 Å². The maximum atomic E-state index is 2.41. The number of fused-ring (bicyclic) bond motifs is 1. The average molecular weight is 346 g/mol. The van der Waals surface area contributed by atoms with Crippen molar-refractivity contribution in [3.05, 3.63) is 120 Å². The SMILES string of the molecule is C1=C(c2ccccc2)[n+]2c(cc(-c3ccccc3)cc2-c2ccccc2)C1. The van der Waals surface area contributed by atoms with Crippen molar-refractivity contribution in [2.24, 2.45) is 0 Å². The van der Waals surface area contributed by atoms with Gasteiger partial charge in [-0.2, -0.15) is 4.57 Å². The summed E-state index contributed by atoms with van der Waals surface area (Å²) in [6.45, 7) is 0. The van der Waals surface area contributed by atoms with Crippen molar-refractivity contribution >= 4 is 5.70 Å². The van der Waals surface area contributed by atoms with Gasteiger partial charge in [0.2, 0.25) is 11.4 Å². The molecule has 1 nitrogen and oxygen atoms in total. The second-order valence-electron chi connectivity index (χ2n) is 6.85. The first kappa shape index (κ1) is 15.8. The molecule has 4 aromatic rings. The van der Waals surface area contributed by atoms with Crippen molar-refractivity contribution in [3.8, 4) is 22.4 Å². The molecule has 0 N–H and O–H groups in total. The number of aromatic nitrogens is 1. The Kier molecular flexibility index (Phi) is 3.91. The Bertz CT molecular complexity index is 1110. The molecule has 27 heavy (non-hydrogen) atoms. The van der Waals surface area contributed by atoms with E-state index in [1.807, 2.05) is 0 Å². The van der Waals surface area contributed by atoms with Gasteiger partial charge in [-0.3, -0.25) is 0 Å². The summed E-state index contributed by atoms with van der Waals surface area (Å²) in [5.74, 6) is 0. The minimum Gasteiger partial charge on any atom is -0.157 e. The molecule has 1 heteroatoms. The van der Waals surface area contributed by atoms with Crippen molar-refractivity contribution in [3.63, 3.8) is 0 Å². The summed E-state index contributed by atoms with van der Waals surface area (Å²) < 4.78 is 2.41. The zero-order valence-electron chi connectivity index (χ0n) is 15.0. The quantitative estimate of drug-likeness (QED) is 0.416. The normalized spacial score (nSPS) is 12.5. The highest BCUT2D eigenvalue weighted by atomic mass is 15.0. The molecule has 0 saturated heterocycles. The molecule has 1 aliphatic heterocycles. The molecule has 0 fully saturated rings. The van der Waals surface area contributed by atoms with E-state index in [9.17, 15) is 0 Å². The Hall–Kier alpha value is -3.45. The third-order valence-electron chi connectivity index (χ3n) is 5.13. The van der Waals surface area contributed by atoms with E-state index in [1.54, 1.807) is 0 Å². The highest BCUT2D eigenvalue weighted by molar-refractivity contribution is 5.72. The van der Waals surface area contributed by atoms with Crippen LogP contribution < -0.4 is 4.57 Å². The van der Waals surface area contributed by atoms with Crippen LogP contribution in [-0.2, 0) is 6.42 Å². The van der Waals surface area contributed by atoms with Crippen LogP contribution in [0.5, 0.6) is 0 Å². The van der Waals surface area contributed by atoms with E-state index in [1.165, 1.54) is 39.3 Å². The Labute approximate surface area is 159 Å². The lowest BCUT2D eigenvalue weighted by atomic mass is 10.0. The van der Waals surface area contributed by atoms with Crippen LogP contribution in [0.4, 0.5) is 0 Å². The van der Waals surface area contributed by atoms with Gasteiger partial charge in [0.25, 0.3) is 0 Å². The maximum Gasteiger partial charge on any atom is 0.219 e. The number of allylic oxidation sites excluding steroid dienone is 1. The lowest BCUT2D eigenvalue weighted by Gasteiger charge is -2.10. The van der Waals surface area contributed by atoms with Gasteiger partial charge in [0.1, 0.15) is 0 Å². The lowest BCUT2D eigenvalue weighted by Crippen LogP contribution is -2.36. The summed E-state index contributed by atoms with van der Waals surface area (Å²) in [4.78, 5) is 0. The molecule has 0 atom stereocenters. The van der Waals surface area contributed by atoms with E-state index in [2.05, 4.69) is 114 Å². The molecule has 0 unspecified atom stereocenters. The van der Waals surface area contributed by atoms with E-state index in [-0.39, 0.29) is 0 Å². The van der Waals surface area contributed by atoms with Gasteiger partial charge in [-0.05, 0) is 41.5 Å². The van der Waals surface area contributed by atoms with Crippen molar-refractivity contribution in [1.29, 1.82) is 0 Å². The third kappa shape index (κ3) is 2.88. The van der Waals surface area contributed by atoms with Crippen LogP contribution in [0.15, 0.2) is 109 Å². The summed E-state index contributed by atoms with van der Waals surface area (Å²) in [5, 5.41) is 0. The zero-order chi connectivity index (χ0) is 18.1. The standard InChI is InChI=1S/C26H20N/c1-4-10-20(11-5-1)23-18-24-16-17-25(21-12-6-2-7-13-21)27(24)26(19-23)22-14-8-3-9-15-22/h1-15,17-19H,16H2/q+1. The van der Waals surface area contributed by atoms with Gasteiger partial charge in [-0.1, -0.05) is 66.7 Å². The van der Waals surface area contributed by atoms with Gasteiger partial charge in [-0.25, -0.2) is 0 Å². The van der Waals surface area contributed by atoms with Crippen LogP contribution >= 0.6 is 0 Å². The maximum absolute atomic E-state index is 2.41. The van der Waals surface area contributed by atoms with E-state index in [4.69, 9.17) is 0 Å². The summed E-state index contributed by atoms with van der Waals surface area (Å²) >= 11 is 0. The van der Waals surface area contributed by atoms with E-state index in [0.717, 1.165) is 6.42 Å². The molecule has 0 spiro atoms. The first-order chi connectivity index (χ1) is 13.4. The number of rotatable bonds is 3. The molecule has 0 saturated carbocycles. The molecule has 0 aliphatic carbocycles. The molecular formula is C26H20N+. The van der Waals surface area contributed by atoms with Crippen molar-refractivity contribution in [2.75, 3.05) is 0 Å². The number of hydrogen-bond donors (Lipinski definition) is 0. The van der Waals surface area contributed by atoms with Crippen LogP contribution in [0, 0.1) is 0 Å². The predicted octanol–water partition coefficient (Wildman–Crippen LogP) is 5.75. The second-order valence-corrected chi connectivity index (χ2v) is 6.85. The van der Waals surface area contributed by atoms with Crippen LogP contribution in [0.25, 0.3) is 28.1 Å². The van der Waals surface area contributed by atoms with E-state index >= 15 is 0 Å². The molecule has 0 bridgehead atoms. The molecule has 1 aliphatic rings. The fraction of sp³-hybridized carbons (Fsp3) is 0.0385. The minimum absolute atomic E-state index is 0.949. The minimum atomic E-state index is 0.949. The number of benzene rings is 3. The Morgan fingerprint density at radius 2 is 1.07 bits per heavy atom. The van der Waals surface area contributed by atoms with Gasteiger partial charge in [0.05, 0.1) is 6.42 Å². The van der Waals surface area contributed by atoms with Crippen molar-refractivity contribution in [1.82, 2.24) is 0 Å². The van der Waals surface area contributed by atoms with Gasteiger partial charge in [0, 0.05) is 23.3 Å². The fourth-order valence-electron chi connectivity index (χ4n) is 3.85. The van der Waals surface area contributed by atoms with Gasteiger partial charge < -0.3 is 0 Å². The van der Waals surface area contributed by atoms with Crippen molar-refractivity contribution in [2.45, 2.75) is 6.42 Å². The molecule has 1 aromatic heterocycles. The molecule has 2 heterocycles. The van der Waals surface area contributed by atoms with Gasteiger partial charge in [-0.15, -0.1) is 0 Å². The third-order valence-corrected chi connectivity index (χ3v) is 5.13. The van der Waals surface area contributed by atoms with Crippen LogP contribution in [0.2, 0.25) is 0 Å². The Morgan fingerprint density at radius 3 is 1.70 bits per heavy atom. The summed E-state index contributed by atoms with van der Waals surface area (Å²) in [6.07, 6.45) is 3.29. The molecule has 5 rings (SSSR count). The molecular weight excluding hydrogens is 326 g/mol. The Balaban J connectivity index is 1.74.